The molecule has 0 bridgehead atoms. The van der Waals surface area contributed by atoms with Crippen LogP contribution < -0.4 is 5.73 Å². The van der Waals surface area contributed by atoms with Gasteiger partial charge in [0, 0.05) is 0 Å². The molecular formula is C6H10FN3O3. The van der Waals surface area contributed by atoms with Crippen molar-refractivity contribution in [3.8, 4) is 0 Å². The van der Waals surface area contributed by atoms with Crippen molar-refractivity contribution in [2.45, 2.75) is 0 Å². The molecule has 0 atom stereocenters. The highest BCUT2D eigenvalue weighted by Gasteiger charge is 2.15. The number of alkyl halides is 1. The second-order valence-electron chi connectivity index (χ2n) is 1.87. The Hall–Kier alpha value is -1.66. The fourth-order valence-corrected chi connectivity index (χ4v) is 0.438. The lowest BCUT2D eigenvalue weighted by Gasteiger charge is -2.01. The summed E-state index contributed by atoms with van der Waals surface area (Å²) in [6.45, 7) is -1.04. The SMILES string of the molecule is COC(=O)/C(=N\OCCF)C(=N)N. The predicted octanol–water partition coefficient (Wildman–Crippen LogP) is -0.563. The van der Waals surface area contributed by atoms with Crippen LogP contribution in [0.5, 0.6) is 0 Å². The highest BCUT2D eigenvalue weighted by Crippen LogP contribution is 1.86. The number of ether oxygens (including phenoxy) is 1. The van der Waals surface area contributed by atoms with Gasteiger partial charge in [0.15, 0.2) is 5.84 Å². The van der Waals surface area contributed by atoms with Crippen LogP contribution in [-0.4, -0.2) is 37.9 Å². The molecule has 3 N–H and O–H groups in total. The zero-order valence-corrected chi connectivity index (χ0v) is 7.04. The van der Waals surface area contributed by atoms with E-state index in [4.69, 9.17) is 11.1 Å². The lowest BCUT2D eigenvalue weighted by molar-refractivity contribution is -0.132. The summed E-state index contributed by atoms with van der Waals surface area (Å²) in [5, 5.41) is 10.0. The van der Waals surface area contributed by atoms with Gasteiger partial charge in [-0.25, -0.2) is 9.18 Å². The first-order valence-electron chi connectivity index (χ1n) is 3.32. The number of halogens is 1. The summed E-state index contributed by atoms with van der Waals surface area (Å²) in [7, 11) is 1.11. The number of rotatable bonds is 5. The topological polar surface area (TPSA) is 97.8 Å². The van der Waals surface area contributed by atoms with E-state index in [1.165, 1.54) is 0 Å². The third-order valence-electron chi connectivity index (χ3n) is 0.958. The van der Waals surface area contributed by atoms with Crippen molar-refractivity contribution >= 4 is 17.5 Å². The molecule has 0 radical (unpaired) electrons. The third-order valence-corrected chi connectivity index (χ3v) is 0.958. The summed E-state index contributed by atoms with van der Waals surface area (Å²) in [6.07, 6.45) is 0. The Bertz CT molecular complexity index is 229. The summed E-state index contributed by atoms with van der Waals surface area (Å²) in [6, 6.07) is 0. The molecule has 0 saturated carbocycles. The first kappa shape index (κ1) is 11.3. The van der Waals surface area contributed by atoms with Gasteiger partial charge in [-0.15, -0.1) is 0 Å². The smallest absolute Gasteiger partial charge is 0.363 e. The van der Waals surface area contributed by atoms with E-state index in [0.717, 1.165) is 7.11 Å². The maximum atomic E-state index is 11.5. The molecule has 0 amide bonds. The number of methoxy groups -OCH3 is 1. The van der Waals surface area contributed by atoms with E-state index in [0.29, 0.717) is 0 Å². The van der Waals surface area contributed by atoms with Gasteiger partial charge in [0.1, 0.15) is 13.3 Å². The molecule has 13 heavy (non-hydrogen) atoms. The number of hydrogen-bond acceptors (Lipinski definition) is 5. The largest absolute Gasteiger partial charge is 0.464 e. The van der Waals surface area contributed by atoms with E-state index in [1.807, 2.05) is 0 Å². The van der Waals surface area contributed by atoms with E-state index >= 15 is 0 Å². The van der Waals surface area contributed by atoms with Crippen LogP contribution in [0.25, 0.3) is 0 Å². The minimum atomic E-state index is -0.897. The first-order valence-corrected chi connectivity index (χ1v) is 3.32. The molecule has 0 aromatic heterocycles. The fourth-order valence-electron chi connectivity index (χ4n) is 0.438. The lowest BCUT2D eigenvalue weighted by Crippen LogP contribution is -2.31. The van der Waals surface area contributed by atoms with Crippen LogP contribution >= 0.6 is 0 Å². The van der Waals surface area contributed by atoms with Crippen LogP contribution in [0.2, 0.25) is 0 Å². The molecule has 0 rings (SSSR count). The second kappa shape index (κ2) is 5.92. The number of nitrogens with zero attached hydrogens (tertiary/aromatic N) is 1. The monoisotopic (exact) mass is 191 g/mol. The van der Waals surface area contributed by atoms with Gasteiger partial charge in [-0.3, -0.25) is 5.41 Å². The average Bonchev–Trinajstić information content (AvgIpc) is 2.11. The Morgan fingerprint density at radius 3 is 2.69 bits per heavy atom. The molecule has 0 aliphatic carbocycles. The summed E-state index contributed by atoms with van der Waals surface area (Å²) in [5.74, 6) is -1.49. The predicted molar refractivity (Wildman–Crippen MR) is 43.3 cm³/mol. The van der Waals surface area contributed by atoms with Crippen molar-refractivity contribution in [2.24, 2.45) is 10.9 Å². The lowest BCUT2D eigenvalue weighted by atomic mass is 10.3. The number of amidine groups is 1. The molecule has 0 unspecified atom stereocenters. The van der Waals surface area contributed by atoms with Crippen LogP contribution in [0.15, 0.2) is 5.16 Å². The Morgan fingerprint density at radius 1 is 1.69 bits per heavy atom. The van der Waals surface area contributed by atoms with Crippen LogP contribution in [0, 0.1) is 5.41 Å². The van der Waals surface area contributed by atoms with Crippen molar-refractivity contribution in [3.63, 3.8) is 0 Å². The fraction of sp³-hybridized carbons (Fsp3) is 0.500. The molecule has 0 aromatic carbocycles. The van der Waals surface area contributed by atoms with Gasteiger partial charge in [0.25, 0.3) is 0 Å². The van der Waals surface area contributed by atoms with E-state index in [1.54, 1.807) is 0 Å². The Labute approximate surface area is 74.0 Å². The number of carbonyl (C=O) groups excluding carboxylic acids is 1. The van der Waals surface area contributed by atoms with E-state index in [-0.39, 0.29) is 6.61 Å². The Kier molecular flexibility index (Phi) is 5.17. The van der Waals surface area contributed by atoms with Crippen molar-refractivity contribution in [2.75, 3.05) is 20.4 Å². The first-order chi connectivity index (χ1) is 6.13. The van der Waals surface area contributed by atoms with E-state index in [2.05, 4.69) is 14.7 Å². The zero-order chi connectivity index (χ0) is 10.3. The molecule has 0 fully saturated rings. The third kappa shape index (κ3) is 4.04. The van der Waals surface area contributed by atoms with Crippen molar-refractivity contribution in [1.29, 1.82) is 5.41 Å². The molecule has 0 heterocycles. The maximum Gasteiger partial charge on any atom is 0.363 e. The molecule has 0 saturated heterocycles. The summed E-state index contributed by atoms with van der Waals surface area (Å²) < 4.78 is 15.8. The van der Waals surface area contributed by atoms with Gasteiger partial charge in [0.2, 0.25) is 5.71 Å². The minimum absolute atomic E-state index is 0.298. The standard InChI is InChI=1S/C6H10FN3O3/c1-12-6(11)4(5(8)9)10-13-3-2-7/h2-3H2,1H3,(H3,8,9)/b10-4-. The summed E-state index contributed by atoms with van der Waals surface area (Å²) in [4.78, 5) is 15.1. The molecule has 6 nitrogen and oxygen atoms in total. The number of carbonyl (C=O) groups is 1. The summed E-state index contributed by atoms with van der Waals surface area (Å²) >= 11 is 0. The number of hydrogen-bond donors (Lipinski definition) is 2. The van der Waals surface area contributed by atoms with Crippen molar-refractivity contribution in [1.82, 2.24) is 0 Å². The molecule has 74 valence electrons. The van der Waals surface area contributed by atoms with Crippen LogP contribution in [-0.2, 0) is 14.4 Å². The van der Waals surface area contributed by atoms with Gasteiger partial charge in [0.05, 0.1) is 7.11 Å². The second-order valence-corrected chi connectivity index (χ2v) is 1.87. The van der Waals surface area contributed by atoms with Crippen LogP contribution in [0.4, 0.5) is 4.39 Å². The van der Waals surface area contributed by atoms with Gasteiger partial charge >= 0.3 is 5.97 Å². The van der Waals surface area contributed by atoms with Crippen LogP contribution in [0.1, 0.15) is 0 Å². The highest BCUT2D eigenvalue weighted by molar-refractivity contribution is 6.64. The number of nitrogens with two attached hydrogens (primary N) is 1. The van der Waals surface area contributed by atoms with Gasteiger partial charge in [-0.1, -0.05) is 5.16 Å². The van der Waals surface area contributed by atoms with E-state index in [9.17, 15) is 9.18 Å². The van der Waals surface area contributed by atoms with Crippen molar-refractivity contribution < 1.29 is 18.8 Å². The zero-order valence-electron chi connectivity index (χ0n) is 7.04. The molecule has 0 aliphatic rings. The number of nitrogens with one attached hydrogen (secondary N) is 1. The minimum Gasteiger partial charge on any atom is -0.464 e. The Morgan fingerprint density at radius 2 is 2.31 bits per heavy atom. The molecule has 0 spiro atoms. The highest BCUT2D eigenvalue weighted by atomic mass is 19.1. The van der Waals surface area contributed by atoms with Crippen molar-refractivity contribution in [3.05, 3.63) is 0 Å². The quantitative estimate of drug-likeness (QED) is 0.200. The van der Waals surface area contributed by atoms with Gasteiger partial charge < -0.3 is 15.3 Å². The van der Waals surface area contributed by atoms with Gasteiger partial charge in [-0.2, -0.15) is 0 Å². The normalized spacial score (nSPS) is 10.8. The molecular weight excluding hydrogens is 181 g/mol. The Balaban J connectivity index is 4.32. The number of oxime groups is 1. The molecule has 7 heteroatoms. The molecule has 0 aromatic rings. The van der Waals surface area contributed by atoms with E-state index < -0.39 is 24.2 Å². The molecule has 0 aliphatic heterocycles. The van der Waals surface area contributed by atoms with Crippen LogP contribution in [0.3, 0.4) is 0 Å². The maximum absolute atomic E-state index is 11.5. The summed E-state index contributed by atoms with van der Waals surface area (Å²) in [5.41, 5.74) is 4.50. The average molecular weight is 191 g/mol. The number of esters is 1. The van der Waals surface area contributed by atoms with Gasteiger partial charge in [-0.05, 0) is 0 Å².